The summed E-state index contributed by atoms with van der Waals surface area (Å²) in [6, 6.07) is 0. The Labute approximate surface area is 261 Å². The molecule has 0 rings (SSSR count). The number of unbranched alkanes of at least 4 members (excludes halogenated alkanes) is 28. The molecule has 0 aliphatic carbocycles. The van der Waals surface area contributed by atoms with Crippen LogP contribution in [0.25, 0.3) is 0 Å². The monoisotopic (exact) mass is 574 g/mol. The van der Waals surface area contributed by atoms with E-state index in [1.165, 1.54) is 193 Å². The quantitative estimate of drug-likeness (QED) is 0.0723. The lowest BCUT2D eigenvalue weighted by molar-refractivity contribution is 0.279. The van der Waals surface area contributed by atoms with Gasteiger partial charge in [0.25, 0.3) is 0 Å². The van der Waals surface area contributed by atoms with Gasteiger partial charge in [-0.05, 0) is 46.5 Å². The van der Waals surface area contributed by atoms with Crippen LogP contribution in [-0.4, -0.2) is 10.4 Å². The Morgan fingerprint density at radius 3 is 0.780 bits per heavy atom. The van der Waals surface area contributed by atoms with Gasteiger partial charge in [-0.2, -0.15) is 0 Å². The predicted molar refractivity (Wildman–Crippen MR) is 190 cm³/mol. The van der Waals surface area contributed by atoms with Crippen molar-refractivity contribution >= 4 is 0 Å². The van der Waals surface area contributed by atoms with Crippen molar-refractivity contribution < 1.29 is 0 Å². The number of nitrogens with zero attached hydrogens (tertiary/aromatic N) is 1. The second kappa shape index (κ2) is 32.2. The van der Waals surface area contributed by atoms with Crippen molar-refractivity contribution in [2.45, 2.75) is 233 Å². The maximum Gasteiger partial charge on any atom is 0.0355 e. The molecule has 0 bridgehead atoms. The maximum atomic E-state index is 2.42. The van der Waals surface area contributed by atoms with Gasteiger partial charge in [0.1, 0.15) is 0 Å². The van der Waals surface area contributed by atoms with Crippen molar-refractivity contribution in [3.63, 3.8) is 0 Å². The predicted octanol–water partition coefficient (Wildman–Crippen LogP) is 14.9. The van der Waals surface area contributed by atoms with E-state index < -0.39 is 0 Å². The highest BCUT2D eigenvalue weighted by Crippen LogP contribution is 2.18. The van der Waals surface area contributed by atoms with Crippen molar-refractivity contribution in [2.24, 2.45) is 0 Å². The van der Waals surface area contributed by atoms with Gasteiger partial charge < -0.3 is 4.90 Å². The van der Waals surface area contributed by atoms with Crippen LogP contribution in [0.4, 0.5) is 0 Å². The van der Waals surface area contributed by atoms with E-state index in [1.54, 1.807) is 0 Å². The fourth-order valence-corrected chi connectivity index (χ4v) is 5.79. The third-order valence-electron chi connectivity index (χ3n) is 8.76. The molecule has 0 aromatic rings. The first-order valence-electron chi connectivity index (χ1n) is 19.1. The summed E-state index contributed by atoms with van der Waals surface area (Å²) >= 11 is 0. The summed E-state index contributed by atoms with van der Waals surface area (Å²) in [7, 11) is 0. The molecule has 1 heteroatoms. The Hall–Kier alpha value is -0.720. The molecule has 244 valence electrons. The lowest BCUT2D eigenvalue weighted by Crippen LogP contribution is -2.32. The molecule has 41 heavy (non-hydrogen) atoms. The zero-order chi connectivity index (χ0) is 30.1. The molecule has 0 saturated carbocycles. The van der Waals surface area contributed by atoms with Crippen LogP contribution in [0, 0.1) is 0 Å². The van der Waals surface area contributed by atoms with Crippen molar-refractivity contribution in [1.82, 2.24) is 4.90 Å². The van der Waals surface area contributed by atoms with Crippen molar-refractivity contribution in [3.8, 4) is 0 Å². The van der Waals surface area contributed by atoms with Gasteiger partial charge in [0, 0.05) is 17.9 Å². The van der Waals surface area contributed by atoms with Crippen LogP contribution in [0.2, 0.25) is 0 Å². The molecule has 0 saturated heterocycles. The molecule has 0 heterocycles. The van der Waals surface area contributed by atoms with E-state index in [1.807, 2.05) is 0 Å². The van der Waals surface area contributed by atoms with E-state index in [0.29, 0.717) is 0 Å². The van der Waals surface area contributed by atoms with Crippen molar-refractivity contribution in [3.05, 3.63) is 24.6 Å². The van der Waals surface area contributed by atoms with Crippen LogP contribution in [0.3, 0.4) is 0 Å². The molecule has 0 aliphatic rings. The molecule has 0 radical (unpaired) electrons. The molecule has 0 amide bonds. The molecule has 0 atom stereocenters. The first kappa shape index (κ1) is 40.3. The third-order valence-corrected chi connectivity index (χ3v) is 8.76. The van der Waals surface area contributed by atoms with Crippen molar-refractivity contribution in [1.29, 1.82) is 0 Å². The maximum absolute atomic E-state index is 2.42. The van der Waals surface area contributed by atoms with Crippen LogP contribution in [0.15, 0.2) is 24.6 Å². The van der Waals surface area contributed by atoms with Gasteiger partial charge in [-0.15, -0.1) is 0 Å². The van der Waals surface area contributed by atoms with Crippen LogP contribution in [-0.2, 0) is 0 Å². The highest BCUT2D eigenvalue weighted by molar-refractivity contribution is 4.98. The third kappa shape index (κ3) is 32.0. The topological polar surface area (TPSA) is 3.24 Å². The molecule has 0 aromatic carbocycles. The zero-order valence-corrected chi connectivity index (χ0v) is 29.5. The Balaban J connectivity index is 3.65. The lowest BCUT2D eigenvalue weighted by Gasteiger charge is -2.31. The molecule has 1 nitrogen and oxygen atoms in total. The highest BCUT2D eigenvalue weighted by atomic mass is 15.1. The van der Waals surface area contributed by atoms with Gasteiger partial charge in [0.15, 0.2) is 0 Å². The second-order valence-corrected chi connectivity index (χ2v) is 14.1. The molecular formula is C40H79N. The van der Waals surface area contributed by atoms with Crippen LogP contribution in [0.5, 0.6) is 0 Å². The number of allylic oxidation sites excluding steroid dienone is 2. The molecule has 0 aromatic heterocycles. The Kier molecular flexibility index (Phi) is 31.6. The molecule has 0 unspecified atom stereocenters. The number of hydrogen-bond donors (Lipinski definition) is 0. The first-order valence-corrected chi connectivity index (χ1v) is 19.1. The minimum Gasteiger partial charge on any atom is -0.350 e. The molecule has 0 spiro atoms. The largest absolute Gasteiger partial charge is 0.350 e. The second-order valence-electron chi connectivity index (χ2n) is 14.1. The molecule has 0 aliphatic heterocycles. The summed E-state index contributed by atoms with van der Waals surface area (Å²) in [5.74, 6) is 0. The van der Waals surface area contributed by atoms with E-state index in [9.17, 15) is 0 Å². The van der Waals surface area contributed by atoms with Crippen LogP contribution < -0.4 is 0 Å². The Morgan fingerprint density at radius 2 is 0.561 bits per heavy atom. The summed E-state index contributed by atoms with van der Waals surface area (Å²) in [6.45, 7) is 11.6. The summed E-state index contributed by atoms with van der Waals surface area (Å²) in [6.07, 6.45) is 52.1. The van der Waals surface area contributed by atoms with E-state index in [-0.39, 0.29) is 5.54 Å². The van der Waals surface area contributed by atoms with Crippen LogP contribution >= 0.6 is 0 Å². The normalized spacial score (nSPS) is 12.3. The highest BCUT2D eigenvalue weighted by Gasteiger charge is 2.14. The van der Waals surface area contributed by atoms with E-state index in [4.69, 9.17) is 0 Å². The average molecular weight is 574 g/mol. The Bertz CT molecular complexity index is 498. The van der Waals surface area contributed by atoms with Crippen LogP contribution in [0.1, 0.15) is 227 Å². The van der Waals surface area contributed by atoms with Gasteiger partial charge in [0.05, 0.1) is 0 Å². The molecule has 0 fully saturated rings. The zero-order valence-electron chi connectivity index (χ0n) is 29.5. The van der Waals surface area contributed by atoms with Gasteiger partial charge in [-0.1, -0.05) is 193 Å². The fourth-order valence-electron chi connectivity index (χ4n) is 5.79. The molecule has 0 N–H and O–H groups in total. The minimum atomic E-state index is 0.151. The Morgan fingerprint density at radius 1 is 0.341 bits per heavy atom. The van der Waals surface area contributed by atoms with Gasteiger partial charge >= 0.3 is 0 Å². The smallest absolute Gasteiger partial charge is 0.0355 e. The SMILES string of the molecule is CCCCCCCCCCCCCCCC/C=C/N(/C=C/CCCCCCCCCCCCCCCC)C(C)(C)C. The number of hydrogen-bond acceptors (Lipinski definition) is 1. The van der Waals surface area contributed by atoms with Gasteiger partial charge in [-0.25, -0.2) is 0 Å². The fraction of sp³-hybridized carbons (Fsp3) is 0.900. The van der Waals surface area contributed by atoms with Gasteiger partial charge in [0.2, 0.25) is 0 Å². The first-order chi connectivity index (χ1) is 20.0. The standard InChI is InChI=1S/C40H79N/c1-6-8-10-12-14-16-18-20-22-24-26-28-30-32-34-36-38-41(40(3,4)5)39-37-35-33-31-29-27-25-23-21-19-17-15-13-11-9-7-2/h36-39H,6-35H2,1-5H3/b38-36+,39-37+. The van der Waals surface area contributed by atoms with E-state index in [2.05, 4.69) is 64.1 Å². The summed E-state index contributed by atoms with van der Waals surface area (Å²) < 4.78 is 0. The van der Waals surface area contributed by atoms with Gasteiger partial charge in [-0.3, -0.25) is 0 Å². The summed E-state index contributed by atoms with van der Waals surface area (Å²) in [5, 5.41) is 0. The van der Waals surface area contributed by atoms with E-state index in [0.717, 1.165) is 0 Å². The molecular weight excluding hydrogens is 494 g/mol. The average Bonchev–Trinajstić information content (AvgIpc) is 2.95. The summed E-state index contributed by atoms with van der Waals surface area (Å²) in [5.41, 5.74) is 0.151. The minimum absolute atomic E-state index is 0.151. The number of rotatable bonds is 32. The van der Waals surface area contributed by atoms with Crippen molar-refractivity contribution in [2.75, 3.05) is 0 Å². The van der Waals surface area contributed by atoms with E-state index >= 15 is 0 Å². The summed E-state index contributed by atoms with van der Waals surface area (Å²) in [4.78, 5) is 2.42. The lowest BCUT2D eigenvalue weighted by atomic mass is 10.0.